The van der Waals surface area contributed by atoms with Crippen molar-refractivity contribution in [3.05, 3.63) is 34.9 Å². The van der Waals surface area contributed by atoms with Gasteiger partial charge in [-0.05, 0) is 48.1 Å². The van der Waals surface area contributed by atoms with E-state index in [0.717, 1.165) is 12.8 Å². The Balaban J connectivity index is 1.52. The molecule has 2 saturated carbocycles. The number of pyridine rings is 1. The van der Waals surface area contributed by atoms with Crippen molar-refractivity contribution in [1.29, 1.82) is 0 Å². The molecule has 0 unspecified atom stereocenters. The molecule has 4 rings (SSSR count). The van der Waals surface area contributed by atoms with Crippen LogP contribution in [0.3, 0.4) is 0 Å². The minimum absolute atomic E-state index is 0.0296. The van der Waals surface area contributed by atoms with Crippen molar-refractivity contribution in [3.8, 4) is 0 Å². The maximum atomic E-state index is 12.5. The Labute approximate surface area is 140 Å². The summed E-state index contributed by atoms with van der Waals surface area (Å²) in [6.45, 7) is 6.91. The van der Waals surface area contributed by atoms with Gasteiger partial charge in [0.05, 0.1) is 0 Å². The summed E-state index contributed by atoms with van der Waals surface area (Å²) in [4.78, 5) is 24.8. The van der Waals surface area contributed by atoms with E-state index in [1.165, 1.54) is 15.5 Å². The molecule has 2 fully saturated rings. The molecule has 1 amide bonds. The molecule has 2 aromatic heterocycles. The second kappa shape index (κ2) is 4.94. The minimum Gasteiger partial charge on any atom is -0.351 e. The highest BCUT2D eigenvalue weighted by Crippen LogP contribution is 2.65. The molecule has 1 N–H and O–H groups in total. The van der Waals surface area contributed by atoms with Gasteiger partial charge in [-0.25, -0.2) is 9.48 Å². The van der Waals surface area contributed by atoms with Crippen LogP contribution in [0, 0.1) is 16.7 Å². The highest BCUT2D eigenvalue weighted by molar-refractivity contribution is 5.76. The van der Waals surface area contributed by atoms with Gasteiger partial charge in [0.1, 0.15) is 6.54 Å². The SMILES string of the molecule is CC1(C)[C@H]2CC[C@@]1(C)[C@@H](NC(=O)Cn1nc3ccccn3c1=O)C2. The van der Waals surface area contributed by atoms with E-state index in [0.29, 0.717) is 11.6 Å². The van der Waals surface area contributed by atoms with Crippen molar-refractivity contribution < 1.29 is 4.79 Å². The summed E-state index contributed by atoms with van der Waals surface area (Å²) in [5, 5.41) is 7.41. The van der Waals surface area contributed by atoms with Crippen molar-refractivity contribution in [2.45, 2.75) is 52.6 Å². The van der Waals surface area contributed by atoms with Crippen LogP contribution in [0.25, 0.3) is 5.65 Å². The van der Waals surface area contributed by atoms with Gasteiger partial charge in [-0.3, -0.25) is 9.20 Å². The first-order valence-corrected chi connectivity index (χ1v) is 8.66. The number of carbonyl (C=O) groups is 1. The third kappa shape index (κ3) is 1.98. The summed E-state index contributed by atoms with van der Waals surface area (Å²) >= 11 is 0. The number of carbonyl (C=O) groups excluding carboxylic acids is 1. The van der Waals surface area contributed by atoms with Crippen LogP contribution in [-0.4, -0.2) is 26.1 Å². The molecule has 0 saturated heterocycles. The summed E-state index contributed by atoms with van der Waals surface area (Å²) in [6.07, 6.45) is 5.11. The second-order valence-electron chi connectivity index (χ2n) is 8.10. The number of aromatic nitrogens is 3. The minimum atomic E-state index is -0.278. The Morgan fingerprint density at radius 1 is 1.38 bits per heavy atom. The van der Waals surface area contributed by atoms with Gasteiger partial charge < -0.3 is 5.32 Å². The van der Waals surface area contributed by atoms with Gasteiger partial charge in [0.2, 0.25) is 5.91 Å². The summed E-state index contributed by atoms with van der Waals surface area (Å²) in [6, 6.07) is 5.55. The molecule has 3 atom stereocenters. The molecule has 0 spiro atoms. The number of nitrogens with zero attached hydrogens (tertiary/aromatic N) is 3. The fraction of sp³-hybridized carbons (Fsp3) is 0.611. The molecule has 0 aromatic carbocycles. The Kier molecular flexibility index (Phi) is 3.18. The molecule has 2 aliphatic rings. The summed E-state index contributed by atoms with van der Waals surface area (Å²) in [5.74, 6) is 0.542. The first kappa shape index (κ1) is 15.4. The topological polar surface area (TPSA) is 68.4 Å². The Bertz CT molecular complexity index is 865. The van der Waals surface area contributed by atoms with E-state index in [1.54, 1.807) is 18.3 Å². The van der Waals surface area contributed by atoms with Crippen LogP contribution in [0.1, 0.15) is 40.0 Å². The predicted molar refractivity (Wildman–Crippen MR) is 90.6 cm³/mol. The number of fused-ring (bicyclic) bond motifs is 3. The van der Waals surface area contributed by atoms with Crippen molar-refractivity contribution in [2.24, 2.45) is 16.7 Å². The van der Waals surface area contributed by atoms with Crippen molar-refractivity contribution >= 4 is 11.6 Å². The lowest BCUT2D eigenvalue weighted by Gasteiger charge is -2.39. The molecular weight excluding hydrogens is 304 g/mol. The van der Waals surface area contributed by atoms with Crippen LogP contribution in [0.4, 0.5) is 0 Å². The van der Waals surface area contributed by atoms with Gasteiger partial charge in [0, 0.05) is 12.2 Å². The quantitative estimate of drug-likeness (QED) is 0.934. The van der Waals surface area contributed by atoms with Gasteiger partial charge >= 0.3 is 5.69 Å². The van der Waals surface area contributed by atoms with Crippen LogP contribution >= 0.6 is 0 Å². The molecule has 128 valence electrons. The van der Waals surface area contributed by atoms with Gasteiger partial charge in [0.25, 0.3) is 0 Å². The van der Waals surface area contributed by atoms with Gasteiger partial charge in [0.15, 0.2) is 5.65 Å². The lowest BCUT2D eigenvalue weighted by atomic mass is 9.69. The van der Waals surface area contributed by atoms with Crippen LogP contribution in [0.2, 0.25) is 0 Å². The van der Waals surface area contributed by atoms with Crippen LogP contribution in [-0.2, 0) is 11.3 Å². The molecule has 6 heteroatoms. The average Bonchev–Trinajstić information content (AvgIpc) is 3.03. The zero-order valence-corrected chi connectivity index (χ0v) is 14.5. The summed E-state index contributed by atoms with van der Waals surface area (Å²) < 4.78 is 2.70. The maximum absolute atomic E-state index is 12.5. The van der Waals surface area contributed by atoms with E-state index in [9.17, 15) is 9.59 Å². The van der Waals surface area contributed by atoms with E-state index >= 15 is 0 Å². The first-order valence-electron chi connectivity index (χ1n) is 8.66. The molecule has 2 bridgehead atoms. The average molecular weight is 328 g/mol. The molecule has 0 radical (unpaired) electrons. The Morgan fingerprint density at radius 3 is 2.79 bits per heavy atom. The smallest absolute Gasteiger partial charge is 0.350 e. The number of rotatable bonds is 3. The summed E-state index contributed by atoms with van der Waals surface area (Å²) in [7, 11) is 0. The molecule has 2 aliphatic carbocycles. The fourth-order valence-electron chi connectivity index (χ4n) is 4.87. The van der Waals surface area contributed by atoms with E-state index in [4.69, 9.17) is 0 Å². The Hall–Kier alpha value is -2.11. The van der Waals surface area contributed by atoms with Crippen molar-refractivity contribution in [1.82, 2.24) is 19.5 Å². The first-order chi connectivity index (χ1) is 11.3. The molecule has 6 nitrogen and oxygen atoms in total. The Morgan fingerprint density at radius 2 is 2.17 bits per heavy atom. The fourth-order valence-corrected chi connectivity index (χ4v) is 4.87. The highest BCUT2D eigenvalue weighted by Gasteiger charge is 2.61. The zero-order valence-electron chi connectivity index (χ0n) is 14.5. The normalized spacial score (nSPS) is 30.8. The zero-order chi connectivity index (χ0) is 17.1. The second-order valence-corrected chi connectivity index (χ2v) is 8.10. The van der Waals surface area contributed by atoms with Crippen molar-refractivity contribution in [2.75, 3.05) is 0 Å². The van der Waals surface area contributed by atoms with Crippen LogP contribution in [0.5, 0.6) is 0 Å². The molecule has 2 aromatic rings. The number of nitrogens with one attached hydrogen (secondary N) is 1. The predicted octanol–water partition coefficient (Wildman–Crippen LogP) is 1.83. The molecular formula is C18H24N4O2. The monoisotopic (exact) mass is 328 g/mol. The lowest BCUT2D eigenvalue weighted by Crippen LogP contribution is -2.48. The standard InChI is InChI=1S/C18H24N4O2/c1-17(2)12-7-8-18(17,3)13(10-12)19-15(23)11-22-16(24)21-9-5-4-6-14(21)20-22/h4-6,9,12-13H,7-8,10-11H2,1-3H3,(H,19,23)/t12-,13-,18-/m0/s1. The van der Waals surface area contributed by atoms with E-state index < -0.39 is 0 Å². The van der Waals surface area contributed by atoms with Gasteiger partial charge in [-0.1, -0.05) is 26.8 Å². The summed E-state index contributed by atoms with van der Waals surface area (Å²) in [5.41, 5.74) is 0.672. The number of amides is 1. The largest absolute Gasteiger partial charge is 0.351 e. The van der Waals surface area contributed by atoms with Crippen LogP contribution < -0.4 is 11.0 Å². The molecule has 0 aliphatic heterocycles. The van der Waals surface area contributed by atoms with E-state index in [-0.39, 0.29) is 35.0 Å². The number of hydrogen-bond donors (Lipinski definition) is 1. The third-order valence-electron chi connectivity index (χ3n) is 6.91. The van der Waals surface area contributed by atoms with E-state index in [2.05, 4.69) is 31.2 Å². The van der Waals surface area contributed by atoms with E-state index in [1.807, 2.05) is 6.07 Å². The highest BCUT2D eigenvalue weighted by atomic mass is 16.2. The molecule has 24 heavy (non-hydrogen) atoms. The molecule has 2 heterocycles. The van der Waals surface area contributed by atoms with Crippen LogP contribution in [0.15, 0.2) is 29.2 Å². The third-order valence-corrected chi connectivity index (χ3v) is 6.91. The van der Waals surface area contributed by atoms with Gasteiger partial charge in [-0.2, -0.15) is 0 Å². The van der Waals surface area contributed by atoms with Gasteiger partial charge in [-0.15, -0.1) is 5.10 Å². The maximum Gasteiger partial charge on any atom is 0.350 e. The van der Waals surface area contributed by atoms with Crippen molar-refractivity contribution in [3.63, 3.8) is 0 Å². The lowest BCUT2D eigenvalue weighted by molar-refractivity contribution is -0.123. The number of hydrogen-bond acceptors (Lipinski definition) is 3.